The molecular weight excluding hydrogens is 614 g/mol. The van der Waals surface area contributed by atoms with Gasteiger partial charge in [0.1, 0.15) is 17.1 Å². The zero-order valence-corrected chi connectivity index (χ0v) is 22.9. The number of hydrogen-bond donors (Lipinski definition) is 6. The molecule has 0 aliphatic rings. The fraction of sp³-hybridized carbons (Fsp3) is 0.316. The molecule has 1 amide bonds. The van der Waals surface area contributed by atoms with E-state index in [-0.39, 0.29) is 30.5 Å². The molecule has 0 heterocycles. The van der Waals surface area contributed by atoms with Gasteiger partial charge in [-0.25, -0.2) is 10.2 Å². The van der Waals surface area contributed by atoms with E-state index in [0.717, 1.165) is 0 Å². The van der Waals surface area contributed by atoms with Crippen LogP contribution in [-0.2, 0) is 17.8 Å². The van der Waals surface area contributed by atoms with Crippen LogP contribution in [0.4, 0.5) is 4.79 Å². The van der Waals surface area contributed by atoms with Crippen LogP contribution in [0.2, 0.25) is 10.0 Å². The van der Waals surface area contributed by atoms with Crippen LogP contribution in [0.25, 0.3) is 0 Å². The van der Waals surface area contributed by atoms with Crippen molar-refractivity contribution in [1.82, 2.24) is 16.3 Å². The maximum Gasteiger partial charge on any atom is 0.422 e. The number of phenols is 2. The monoisotopic (exact) mass is 636 g/mol. The number of nitrogens with two attached hydrogens (primary N) is 1. The Bertz CT molecular complexity index is 915. The summed E-state index contributed by atoms with van der Waals surface area (Å²) in [6, 6.07) is 6.46. The minimum atomic E-state index is -0.590. The van der Waals surface area contributed by atoms with Crippen LogP contribution in [0.5, 0.6) is 11.5 Å². The van der Waals surface area contributed by atoms with Crippen LogP contribution in [0.3, 0.4) is 0 Å². The molecule has 0 saturated heterocycles. The van der Waals surface area contributed by atoms with Gasteiger partial charge in [0, 0.05) is 34.3 Å². The molecule has 2 aromatic carbocycles. The maximum atomic E-state index is 11.4. The van der Waals surface area contributed by atoms with Crippen molar-refractivity contribution in [2.24, 2.45) is 5.84 Å². The van der Waals surface area contributed by atoms with E-state index in [0.29, 0.717) is 36.7 Å². The predicted octanol–water partition coefficient (Wildman–Crippen LogP) is 5.53. The Morgan fingerprint density at radius 1 is 1.00 bits per heavy atom. The molecule has 180 valence electrons. The zero-order valence-electron chi connectivity index (χ0n) is 17.4. The molecule has 0 aromatic heterocycles. The molecule has 13 heteroatoms. The number of phenolic OH excluding ortho intramolecular Hbond substituents is 2. The summed E-state index contributed by atoms with van der Waals surface area (Å²) in [4.78, 5) is 11.4. The van der Waals surface area contributed by atoms with Gasteiger partial charge in [0.05, 0.1) is 8.95 Å². The number of carbonyl (C=O) groups is 1. The molecule has 0 radical (unpaired) electrons. The average Bonchev–Trinajstić information content (AvgIpc) is 2.62. The molecule has 0 unspecified atom stereocenters. The smallest absolute Gasteiger partial charge is 0.422 e. The highest BCUT2D eigenvalue weighted by molar-refractivity contribution is 9.10. The first-order valence-corrected chi connectivity index (χ1v) is 11.2. The second-order valence-electron chi connectivity index (χ2n) is 7.15. The molecule has 7 N–H and O–H groups in total. The van der Waals surface area contributed by atoms with E-state index in [1.54, 1.807) is 45.0 Å². The quantitative estimate of drug-likeness (QED) is 0.188. The second-order valence-corrected chi connectivity index (χ2v) is 9.73. The van der Waals surface area contributed by atoms with E-state index in [4.69, 9.17) is 33.8 Å². The largest absolute Gasteiger partial charge is 0.506 e. The summed E-state index contributed by atoms with van der Waals surface area (Å²) < 4.78 is 6.11. The molecule has 0 saturated carbocycles. The van der Waals surface area contributed by atoms with E-state index in [2.05, 4.69) is 48.1 Å². The first-order chi connectivity index (χ1) is 14.3. The summed E-state index contributed by atoms with van der Waals surface area (Å²) in [5.74, 6) is 5.35. The van der Waals surface area contributed by atoms with E-state index < -0.39 is 11.7 Å². The van der Waals surface area contributed by atoms with E-state index >= 15 is 0 Å². The summed E-state index contributed by atoms with van der Waals surface area (Å²) in [5, 5.41) is 20.3. The minimum absolute atomic E-state index is 0. The van der Waals surface area contributed by atoms with Crippen molar-refractivity contribution in [2.45, 2.75) is 39.5 Å². The van der Waals surface area contributed by atoms with E-state index in [1.165, 1.54) is 0 Å². The Labute approximate surface area is 219 Å². The first kappa shape index (κ1) is 31.0. The molecule has 0 bridgehead atoms. The molecule has 0 spiro atoms. The lowest BCUT2D eigenvalue weighted by atomic mass is 10.2. The Morgan fingerprint density at radius 3 is 1.84 bits per heavy atom. The van der Waals surface area contributed by atoms with Gasteiger partial charge in [-0.15, -0.1) is 12.4 Å². The van der Waals surface area contributed by atoms with Gasteiger partial charge in [-0.2, -0.15) is 0 Å². The molecule has 0 aliphatic heterocycles. The Morgan fingerprint density at radius 2 is 1.44 bits per heavy atom. The third kappa shape index (κ3) is 11.2. The molecule has 8 nitrogen and oxygen atoms in total. The van der Waals surface area contributed by atoms with Crippen molar-refractivity contribution in [3.8, 4) is 11.5 Å². The van der Waals surface area contributed by atoms with Crippen molar-refractivity contribution < 1.29 is 19.7 Å². The highest BCUT2D eigenvalue weighted by Gasteiger charge is 2.16. The standard InChI is InChI=1S/C12H16BrClN2O3.C7H8BrClN2O.ClH/c1-12(2,3)19-11(18)16-15-6-7-4-8(14)5-9(13)10(7)17;8-6-2-5(9)1-4(3-11-10)7(6)12;/h4-5,15,17H,6H2,1-3H3,(H,16,18);1-2,11-12H,3,10H2;1H. The zero-order chi connectivity index (χ0) is 23.8. The van der Waals surface area contributed by atoms with Crippen molar-refractivity contribution in [1.29, 1.82) is 0 Å². The molecule has 0 aliphatic carbocycles. The fourth-order valence-electron chi connectivity index (χ4n) is 2.13. The number of hydrazine groups is 2. The number of hydrogen-bond acceptors (Lipinski definition) is 7. The van der Waals surface area contributed by atoms with Crippen LogP contribution in [-0.4, -0.2) is 21.9 Å². The Balaban J connectivity index is 0.000000639. The van der Waals surface area contributed by atoms with Gasteiger partial charge in [-0.3, -0.25) is 16.7 Å². The molecule has 32 heavy (non-hydrogen) atoms. The lowest BCUT2D eigenvalue weighted by Crippen LogP contribution is -2.40. The number of ether oxygens (including phenoxy) is 1. The van der Waals surface area contributed by atoms with Crippen molar-refractivity contribution in [3.05, 3.63) is 54.4 Å². The van der Waals surface area contributed by atoms with Crippen molar-refractivity contribution in [3.63, 3.8) is 0 Å². The van der Waals surface area contributed by atoms with Crippen LogP contribution < -0.4 is 22.1 Å². The second kappa shape index (κ2) is 14.3. The Hall–Kier alpha value is -0.980. The van der Waals surface area contributed by atoms with Crippen LogP contribution >= 0.6 is 67.5 Å². The van der Waals surface area contributed by atoms with Gasteiger partial charge in [-0.1, -0.05) is 23.2 Å². The topological polar surface area (TPSA) is 129 Å². The van der Waals surface area contributed by atoms with E-state index in [1.807, 2.05) is 0 Å². The van der Waals surface area contributed by atoms with Gasteiger partial charge in [0.25, 0.3) is 0 Å². The van der Waals surface area contributed by atoms with Gasteiger partial charge in [0.2, 0.25) is 0 Å². The highest BCUT2D eigenvalue weighted by Crippen LogP contribution is 2.32. The third-order valence-corrected chi connectivity index (χ3v) is 5.02. The van der Waals surface area contributed by atoms with Gasteiger partial charge >= 0.3 is 6.09 Å². The lowest BCUT2D eigenvalue weighted by molar-refractivity contribution is 0.0496. The normalized spacial score (nSPS) is 10.5. The molecule has 0 fully saturated rings. The Kier molecular flexibility index (Phi) is 13.9. The van der Waals surface area contributed by atoms with E-state index in [9.17, 15) is 15.0 Å². The fourth-order valence-corrected chi connectivity index (χ4v) is 3.88. The predicted molar refractivity (Wildman–Crippen MR) is 136 cm³/mol. The van der Waals surface area contributed by atoms with Gasteiger partial charge in [-0.05, 0) is 76.9 Å². The number of benzene rings is 2. The van der Waals surface area contributed by atoms with Gasteiger partial charge < -0.3 is 14.9 Å². The number of rotatable bonds is 5. The number of amides is 1. The first-order valence-electron chi connectivity index (χ1n) is 8.83. The van der Waals surface area contributed by atoms with Gasteiger partial charge in [0.15, 0.2) is 0 Å². The summed E-state index contributed by atoms with van der Waals surface area (Å²) in [6.45, 7) is 5.90. The van der Waals surface area contributed by atoms with Crippen LogP contribution in [0, 0.1) is 0 Å². The number of halogens is 5. The highest BCUT2D eigenvalue weighted by atomic mass is 79.9. The number of aromatic hydroxyl groups is 2. The molecule has 2 aromatic rings. The maximum absolute atomic E-state index is 11.4. The van der Waals surface area contributed by atoms with Crippen LogP contribution in [0.1, 0.15) is 31.9 Å². The molecule has 0 atom stereocenters. The lowest BCUT2D eigenvalue weighted by Gasteiger charge is -2.20. The van der Waals surface area contributed by atoms with Crippen LogP contribution in [0.15, 0.2) is 33.2 Å². The molecular formula is C19H25Br2Cl3N4O4. The third-order valence-electron chi connectivity index (χ3n) is 3.37. The molecule has 2 rings (SSSR count). The number of carbonyl (C=O) groups excluding carboxylic acids is 1. The summed E-state index contributed by atoms with van der Waals surface area (Å²) in [7, 11) is 0. The van der Waals surface area contributed by atoms with Crippen molar-refractivity contribution >= 4 is 73.6 Å². The van der Waals surface area contributed by atoms with Crippen molar-refractivity contribution in [2.75, 3.05) is 0 Å². The SMILES string of the molecule is CC(C)(C)OC(=O)NNCc1cc(Cl)cc(Br)c1O.Cl.NNCc1cc(Cl)cc(Br)c1O. The summed E-state index contributed by atoms with van der Waals surface area (Å²) in [5.41, 5.74) is 8.12. The summed E-state index contributed by atoms with van der Waals surface area (Å²) in [6.07, 6.45) is -0.590. The number of nitrogens with one attached hydrogen (secondary N) is 3. The summed E-state index contributed by atoms with van der Waals surface area (Å²) >= 11 is 18.0. The average molecular weight is 640 g/mol. The minimum Gasteiger partial charge on any atom is -0.506 e.